The van der Waals surface area contributed by atoms with Crippen molar-refractivity contribution in [2.45, 2.75) is 45.8 Å². The topological polar surface area (TPSA) is 32.7 Å². The Balaban J connectivity index is 2.37. The van der Waals surface area contributed by atoms with Crippen molar-refractivity contribution in [1.29, 1.82) is 0 Å². The van der Waals surface area contributed by atoms with Crippen LogP contribution in [0.2, 0.25) is 0 Å². The number of aliphatic hydroxyl groups is 1. The molecule has 0 aromatic heterocycles. The predicted molar refractivity (Wildman–Crippen MR) is 61.9 cm³/mol. The van der Waals surface area contributed by atoms with Crippen LogP contribution in [0.5, 0.6) is 0 Å². The number of hydrogen-bond acceptors (Lipinski definition) is 3. The SMILES string of the molecule is CCOCCN(C)C1CCC(C)(C)C1O. The number of nitrogens with zero attached hydrogens (tertiary/aromatic N) is 1. The highest BCUT2D eigenvalue weighted by molar-refractivity contribution is 4.95. The molecule has 0 saturated heterocycles. The Labute approximate surface area is 93.4 Å². The van der Waals surface area contributed by atoms with Gasteiger partial charge in [-0.3, -0.25) is 4.90 Å². The summed E-state index contributed by atoms with van der Waals surface area (Å²) >= 11 is 0. The third kappa shape index (κ3) is 3.16. The molecule has 2 atom stereocenters. The van der Waals surface area contributed by atoms with E-state index in [-0.39, 0.29) is 11.5 Å². The van der Waals surface area contributed by atoms with E-state index in [9.17, 15) is 5.11 Å². The first-order valence-corrected chi connectivity index (χ1v) is 5.95. The van der Waals surface area contributed by atoms with Crippen LogP contribution in [0.1, 0.15) is 33.6 Å². The van der Waals surface area contributed by atoms with Gasteiger partial charge in [0.2, 0.25) is 0 Å². The second-order valence-electron chi connectivity index (χ2n) is 5.22. The molecule has 1 saturated carbocycles. The Bertz CT molecular complexity index is 194. The zero-order valence-electron chi connectivity index (χ0n) is 10.5. The van der Waals surface area contributed by atoms with Crippen LogP contribution < -0.4 is 0 Å². The fraction of sp³-hybridized carbons (Fsp3) is 1.00. The van der Waals surface area contributed by atoms with Crippen molar-refractivity contribution < 1.29 is 9.84 Å². The summed E-state index contributed by atoms with van der Waals surface area (Å²) in [6.07, 6.45) is 2.00. The molecule has 3 nitrogen and oxygen atoms in total. The first-order valence-electron chi connectivity index (χ1n) is 5.95. The van der Waals surface area contributed by atoms with Crippen molar-refractivity contribution >= 4 is 0 Å². The summed E-state index contributed by atoms with van der Waals surface area (Å²) in [6.45, 7) is 8.74. The molecule has 1 aliphatic carbocycles. The average molecular weight is 215 g/mol. The van der Waals surface area contributed by atoms with Crippen LogP contribution in [-0.4, -0.2) is 49.0 Å². The Morgan fingerprint density at radius 1 is 1.47 bits per heavy atom. The summed E-state index contributed by atoms with van der Waals surface area (Å²) in [4.78, 5) is 2.23. The molecule has 0 spiro atoms. The molecule has 0 aromatic carbocycles. The van der Waals surface area contributed by atoms with E-state index in [0.29, 0.717) is 6.04 Å². The number of ether oxygens (including phenoxy) is 1. The molecular weight excluding hydrogens is 190 g/mol. The van der Waals surface area contributed by atoms with Crippen molar-refractivity contribution in [3.63, 3.8) is 0 Å². The van der Waals surface area contributed by atoms with Gasteiger partial charge >= 0.3 is 0 Å². The number of hydrogen-bond donors (Lipinski definition) is 1. The maximum absolute atomic E-state index is 10.2. The van der Waals surface area contributed by atoms with E-state index >= 15 is 0 Å². The molecule has 1 aliphatic rings. The zero-order valence-corrected chi connectivity index (χ0v) is 10.5. The lowest BCUT2D eigenvalue weighted by Gasteiger charge is -2.31. The van der Waals surface area contributed by atoms with Gasteiger partial charge in [0, 0.05) is 19.2 Å². The van der Waals surface area contributed by atoms with Crippen LogP contribution in [0.4, 0.5) is 0 Å². The van der Waals surface area contributed by atoms with Gasteiger partial charge in [-0.15, -0.1) is 0 Å². The van der Waals surface area contributed by atoms with Crippen molar-refractivity contribution in [2.75, 3.05) is 26.8 Å². The van der Waals surface area contributed by atoms with Crippen LogP contribution in [0.15, 0.2) is 0 Å². The molecule has 0 heterocycles. The molecule has 0 radical (unpaired) electrons. The van der Waals surface area contributed by atoms with Crippen molar-refractivity contribution in [1.82, 2.24) is 4.90 Å². The maximum Gasteiger partial charge on any atom is 0.0746 e. The van der Waals surface area contributed by atoms with E-state index in [4.69, 9.17) is 4.74 Å². The van der Waals surface area contributed by atoms with Gasteiger partial charge in [-0.25, -0.2) is 0 Å². The van der Waals surface area contributed by atoms with E-state index in [0.717, 1.165) is 32.6 Å². The Morgan fingerprint density at radius 2 is 2.13 bits per heavy atom. The lowest BCUT2D eigenvalue weighted by molar-refractivity contribution is 0.0137. The molecule has 0 aliphatic heterocycles. The summed E-state index contributed by atoms with van der Waals surface area (Å²) < 4.78 is 5.33. The largest absolute Gasteiger partial charge is 0.391 e. The molecule has 1 rings (SSSR count). The normalized spacial score (nSPS) is 30.0. The van der Waals surface area contributed by atoms with E-state index in [2.05, 4.69) is 25.8 Å². The van der Waals surface area contributed by atoms with Crippen molar-refractivity contribution in [3.05, 3.63) is 0 Å². The van der Waals surface area contributed by atoms with Crippen LogP contribution in [0.25, 0.3) is 0 Å². The molecule has 0 amide bonds. The lowest BCUT2D eigenvalue weighted by atomic mass is 9.89. The summed E-state index contributed by atoms with van der Waals surface area (Å²) in [6, 6.07) is 0.306. The van der Waals surface area contributed by atoms with E-state index in [1.165, 1.54) is 0 Å². The Hall–Kier alpha value is -0.120. The van der Waals surface area contributed by atoms with E-state index in [1.807, 2.05) is 6.92 Å². The molecule has 90 valence electrons. The van der Waals surface area contributed by atoms with Gasteiger partial charge < -0.3 is 9.84 Å². The third-order valence-electron chi connectivity index (χ3n) is 3.61. The standard InChI is InChI=1S/C12H25NO2/c1-5-15-9-8-13(4)10-6-7-12(2,3)11(10)14/h10-11,14H,5-9H2,1-4H3. The summed E-state index contributed by atoms with van der Waals surface area (Å²) in [7, 11) is 2.08. The van der Waals surface area contributed by atoms with Gasteiger partial charge in [0.05, 0.1) is 12.7 Å². The Kier molecular flexibility index (Phi) is 4.56. The van der Waals surface area contributed by atoms with Gasteiger partial charge in [-0.2, -0.15) is 0 Å². The summed E-state index contributed by atoms with van der Waals surface area (Å²) in [5.74, 6) is 0. The smallest absolute Gasteiger partial charge is 0.0746 e. The molecule has 15 heavy (non-hydrogen) atoms. The second kappa shape index (κ2) is 5.28. The highest BCUT2D eigenvalue weighted by Crippen LogP contribution is 2.39. The highest BCUT2D eigenvalue weighted by atomic mass is 16.5. The van der Waals surface area contributed by atoms with Gasteiger partial charge in [0.25, 0.3) is 0 Å². The monoisotopic (exact) mass is 215 g/mol. The lowest BCUT2D eigenvalue weighted by Crippen LogP contribution is -2.43. The molecule has 0 bridgehead atoms. The van der Waals surface area contributed by atoms with Crippen molar-refractivity contribution in [2.24, 2.45) is 5.41 Å². The summed E-state index contributed by atoms with van der Waals surface area (Å²) in [5.41, 5.74) is 0.0739. The molecular formula is C12H25NO2. The molecule has 3 heteroatoms. The van der Waals surface area contributed by atoms with Crippen LogP contribution in [0, 0.1) is 5.41 Å². The molecule has 0 aromatic rings. The van der Waals surface area contributed by atoms with Crippen LogP contribution in [0.3, 0.4) is 0 Å². The van der Waals surface area contributed by atoms with E-state index < -0.39 is 0 Å². The first kappa shape index (κ1) is 12.9. The van der Waals surface area contributed by atoms with Crippen molar-refractivity contribution in [3.8, 4) is 0 Å². The summed E-state index contributed by atoms with van der Waals surface area (Å²) in [5, 5.41) is 10.2. The van der Waals surface area contributed by atoms with Crippen LogP contribution >= 0.6 is 0 Å². The maximum atomic E-state index is 10.2. The van der Waals surface area contributed by atoms with Gasteiger partial charge in [-0.1, -0.05) is 13.8 Å². The quantitative estimate of drug-likeness (QED) is 0.706. The fourth-order valence-electron chi connectivity index (χ4n) is 2.33. The zero-order chi connectivity index (χ0) is 11.5. The van der Waals surface area contributed by atoms with Gasteiger partial charge in [-0.05, 0) is 32.2 Å². The second-order valence-corrected chi connectivity index (χ2v) is 5.22. The van der Waals surface area contributed by atoms with Gasteiger partial charge in [0.15, 0.2) is 0 Å². The highest BCUT2D eigenvalue weighted by Gasteiger charge is 2.42. The fourth-order valence-corrected chi connectivity index (χ4v) is 2.33. The number of aliphatic hydroxyl groups excluding tert-OH is 1. The third-order valence-corrected chi connectivity index (χ3v) is 3.61. The molecule has 2 unspecified atom stereocenters. The molecule has 1 N–H and O–H groups in total. The minimum Gasteiger partial charge on any atom is -0.391 e. The minimum absolute atomic E-state index is 0.0739. The van der Waals surface area contributed by atoms with Gasteiger partial charge in [0.1, 0.15) is 0 Å². The minimum atomic E-state index is -0.205. The number of likely N-dealkylation sites (N-methyl/N-ethyl adjacent to an activating group) is 1. The average Bonchev–Trinajstić information content (AvgIpc) is 2.43. The first-order chi connectivity index (χ1) is 6.99. The predicted octanol–water partition coefficient (Wildman–Crippen LogP) is 1.50. The number of rotatable bonds is 5. The Morgan fingerprint density at radius 3 is 2.60 bits per heavy atom. The molecule has 1 fully saturated rings. The van der Waals surface area contributed by atoms with E-state index in [1.54, 1.807) is 0 Å². The van der Waals surface area contributed by atoms with Crippen LogP contribution in [-0.2, 0) is 4.74 Å².